The van der Waals surface area contributed by atoms with E-state index in [0.29, 0.717) is 0 Å². The molecule has 1 unspecified atom stereocenters. The number of carbonyl (C=O) groups excluding carboxylic acids is 2. The second-order valence-corrected chi connectivity index (χ2v) is 3.91. The van der Waals surface area contributed by atoms with Crippen LogP contribution < -0.4 is 11.1 Å². The van der Waals surface area contributed by atoms with Crippen LogP contribution in [0.4, 0.5) is 10.1 Å². The largest absolute Gasteiger partial charge is 0.366 e. The van der Waals surface area contributed by atoms with Gasteiger partial charge in [-0.05, 0) is 18.2 Å². The van der Waals surface area contributed by atoms with Crippen LogP contribution in [0.1, 0.15) is 17.3 Å². The van der Waals surface area contributed by atoms with E-state index in [1.807, 2.05) is 0 Å². The molecule has 0 heterocycles. The van der Waals surface area contributed by atoms with Gasteiger partial charge in [0.05, 0.1) is 5.69 Å². The quantitative estimate of drug-likeness (QED) is 0.808. The van der Waals surface area contributed by atoms with E-state index in [9.17, 15) is 14.0 Å². The molecular formula is C11H12ClFN2O2. The van der Waals surface area contributed by atoms with Crippen molar-refractivity contribution in [1.82, 2.24) is 0 Å². The molecule has 0 aliphatic carbocycles. The Morgan fingerprint density at radius 1 is 1.53 bits per heavy atom. The van der Waals surface area contributed by atoms with Gasteiger partial charge in [0.2, 0.25) is 11.8 Å². The molecular weight excluding hydrogens is 247 g/mol. The summed E-state index contributed by atoms with van der Waals surface area (Å²) in [6.45, 7) is 1.61. The first-order valence-corrected chi connectivity index (χ1v) is 5.45. The number of hydrogen-bond acceptors (Lipinski definition) is 2. The van der Waals surface area contributed by atoms with Crippen LogP contribution in [0.15, 0.2) is 18.2 Å². The summed E-state index contributed by atoms with van der Waals surface area (Å²) < 4.78 is 13.4. The van der Waals surface area contributed by atoms with Crippen molar-refractivity contribution in [3.8, 4) is 0 Å². The predicted octanol–water partition coefficient (Wildman–Crippen LogP) is 1.74. The van der Waals surface area contributed by atoms with E-state index in [4.69, 9.17) is 17.3 Å². The van der Waals surface area contributed by atoms with Gasteiger partial charge in [0.15, 0.2) is 0 Å². The SMILES string of the molecule is CC(CCl)C(=O)Nc1cc(C(N)=O)ccc1F. The number of amides is 2. The highest BCUT2D eigenvalue weighted by Crippen LogP contribution is 2.17. The third-order valence-electron chi connectivity index (χ3n) is 2.19. The van der Waals surface area contributed by atoms with Crippen molar-refractivity contribution in [3.05, 3.63) is 29.6 Å². The number of benzene rings is 1. The molecule has 2 amide bonds. The fourth-order valence-electron chi connectivity index (χ4n) is 1.10. The molecule has 3 N–H and O–H groups in total. The third-order valence-corrected chi connectivity index (χ3v) is 2.65. The highest BCUT2D eigenvalue weighted by atomic mass is 35.5. The number of rotatable bonds is 4. The van der Waals surface area contributed by atoms with Crippen LogP contribution in [0.5, 0.6) is 0 Å². The lowest BCUT2D eigenvalue weighted by Crippen LogP contribution is -2.22. The van der Waals surface area contributed by atoms with E-state index >= 15 is 0 Å². The standard InChI is InChI=1S/C11H12ClFN2O2/c1-6(5-12)11(17)15-9-4-7(10(14)16)2-3-8(9)13/h2-4,6H,5H2,1H3,(H2,14,16)(H,15,17). The van der Waals surface area contributed by atoms with Crippen LogP contribution in [0.3, 0.4) is 0 Å². The van der Waals surface area contributed by atoms with E-state index in [-0.39, 0.29) is 17.1 Å². The fraction of sp³-hybridized carbons (Fsp3) is 0.273. The van der Waals surface area contributed by atoms with Crippen LogP contribution in [0.25, 0.3) is 0 Å². The summed E-state index contributed by atoms with van der Waals surface area (Å²) in [7, 11) is 0. The summed E-state index contributed by atoms with van der Waals surface area (Å²) in [5.74, 6) is -2.06. The van der Waals surface area contributed by atoms with E-state index in [1.165, 1.54) is 12.1 Å². The zero-order valence-electron chi connectivity index (χ0n) is 9.17. The predicted molar refractivity (Wildman–Crippen MR) is 63.4 cm³/mol. The van der Waals surface area contributed by atoms with Crippen molar-refractivity contribution in [2.24, 2.45) is 11.7 Å². The lowest BCUT2D eigenvalue weighted by molar-refractivity contribution is -0.118. The number of carbonyl (C=O) groups is 2. The number of primary amides is 1. The van der Waals surface area contributed by atoms with Gasteiger partial charge in [0, 0.05) is 17.4 Å². The zero-order valence-corrected chi connectivity index (χ0v) is 9.92. The summed E-state index contributed by atoms with van der Waals surface area (Å²) >= 11 is 5.51. The number of nitrogens with two attached hydrogens (primary N) is 1. The Kier molecular flexibility index (Phi) is 4.45. The molecule has 0 radical (unpaired) electrons. The molecule has 0 fully saturated rings. The Labute approximate surface area is 103 Å². The van der Waals surface area contributed by atoms with Gasteiger partial charge < -0.3 is 11.1 Å². The summed E-state index contributed by atoms with van der Waals surface area (Å²) in [6, 6.07) is 3.51. The van der Waals surface area contributed by atoms with E-state index in [1.54, 1.807) is 6.92 Å². The molecule has 0 aliphatic rings. The first-order chi connectivity index (χ1) is 7.95. The van der Waals surface area contributed by atoms with Gasteiger partial charge in [-0.1, -0.05) is 6.92 Å². The fourth-order valence-corrected chi connectivity index (χ4v) is 1.24. The van der Waals surface area contributed by atoms with Crippen molar-refractivity contribution in [2.75, 3.05) is 11.2 Å². The van der Waals surface area contributed by atoms with Gasteiger partial charge >= 0.3 is 0 Å². The molecule has 6 heteroatoms. The van der Waals surface area contributed by atoms with Crippen LogP contribution in [-0.4, -0.2) is 17.7 Å². The summed E-state index contributed by atoms with van der Waals surface area (Å²) in [6.07, 6.45) is 0. The van der Waals surface area contributed by atoms with Crippen molar-refractivity contribution in [2.45, 2.75) is 6.92 Å². The first kappa shape index (κ1) is 13.4. The monoisotopic (exact) mass is 258 g/mol. The molecule has 17 heavy (non-hydrogen) atoms. The minimum Gasteiger partial charge on any atom is -0.366 e. The Hall–Kier alpha value is -1.62. The third kappa shape index (κ3) is 3.42. The lowest BCUT2D eigenvalue weighted by Gasteiger charge is -2.10. The molecule has 92 valence electrons. The van der Waals surface area contributed by atoms with E-state index in [0.717, 1.165) is 6.07 Å². The molecule has 0 aliphatic heterocycles. The molecule has 0 spiro atoms. The second-order valence-electron chi connectivity index (χ2n) is 3.60. The number of hydrogen-bond donors (Lipinski definition) is 2. The average molecular weight is 259 g/mol. The summed E-state index contributed by atoms with van der Waals surface area (Å²) in [4.78, 5) is 22.4. The van der Waals surface area contributed by atoms with Crippen molar-refractivity contribution < 1.29 is 14.0 Å². The average Bonchev–Trinajstić information content (AvgIpc) is 2.30. The molecule has 0 saturated heterocycles. The molecule has 0 saturated carbocycles. The molecule has 1 rings (SSSR count). The maximum absolute atomic E-state index is 13.4. The Morgan fingerprint density at radius 3 is 2.71 bits per heavy atom. The van der Waals surface area contributed by atoms with Crippen molar-refractivity contribution >= 4 is 29.1 Å². The van der Waals surface area contributed by atoms with Crippen LogP contribution in [0, 0.1) is 11.7 Å². The van der Waals surface area contributed by atoms with Crippen LogP contribution in [0.2, 0.25) is 0 Å². The maximum Gasteiger partial charge on any atom is 0.248 e. The number of anilines is 1. The van der Waals surface area contributed by atoms with Gasteiger partial charge in [-0.25, -0.2) is 4.39 Å². The molecule has 4 nitrogen and oxygen atoms in total. The van der Waals surface area contributed by atoms with Crippen LogP contribution in [-0.2, 0) is 4.79 Å². The Bertz CT molecular complexity index is 451. The second kappa shape index (κ2) is 5.63. The number of nitrogens with one attached hydrogen (secondary N) is 1. The van der Waals surface area contributed by atoms with Gasteiger partial charge in [0.1, 0.15) is 5.82 Å². The molecule has 0 aromatic heterocycles. The lowest BCUT2D eigenvalue weighted by atomic mass is 10.1. The van der Waals surface area contributed by atoms with Gasteiger partial charge in [-0.2, -0.15) is 0 Å². The summed E-state index contributed by atoms with van der Waals surface area (Å²) in [5, 5.41) is 2.35. The van der Waals surface area contributed by atoms with E-state index < -0.39 is 23.5 Å². The van der Waals surface area contributed by atoms with Gasteiger partial charge in [0.25, 0.3) is 0 Å². The zero-order chi connectivity index (χ0) is 13.0. The highest BCUT2D eigenvalue weighted by Gasteiger charge is 2.14. The normalized spacial score (nSPS) is 11.9. The molecule has 1 atom stereocenters. The molecule has 1 aromatic rings. The Morgan fingerprint density at radius 2 is 2.18 bits per heavy atom. The van der Waals surface area contributed by atoms with Crippen molar-refractivity contribution in [3.63, 3.8) is 0 Å². The van der Waals surface area contributed by atoms with Gasteiger partial charge in [-0.15, -0.1) is 11.6 Å². The molecule has 0 bridgehead atoms. The molecule has 1 aromatic carbocycles. The first-order valence-electron chi connectivity index (χ1n) is 4.92. The summed E-state index contributed by atoms with van der Waals surface area (Å²) in [5.41, 5.74) is 5.10. The maximum atomic E-state index is 13.4. The van der Waals surface area contributed by atoms with E-state index in [2.05, 4.69) is 5.32 Å². The van der Waals surface area contributed by atoms with Crippen molar-refractivity contribution in [1.29, 1.82) is 0 Å². The number of halogens is 2. The van der Waals surface area contributed by atoms with Gasteiger partial charge in [-0.3, -0.25) is 9.59 Å². The van der Waals surface area contributed by atoms with Crippen LogP contribution >= 0.6 is 11.6 Å². The number of alkyl halides is 1. The minimum absolute atomic E-state index is 0.0803. The smallest absolute Gasteiger partial charge is 0.248 e. The Balaban J connectivity index is 2.94. The topological polar surface area (TPSA) is 72.2 Å². The highest BCUT2D eigenvalue weighted by molar-refractivity contribution is 6.19. The minimum atomic E-state index is -0.689.